The standard InChI is InChI=1S/C10H12N2O4S/c11-9(10(13)14)6-17-5-7-2-1-3-8(4-7)12(15)16/h1-4,9H,5-6,11H2,(H,13,14)/t9-/m1/s1. The minimum atomic E-state index is -1.04. The topological polar surface area (TPSA) is 106 Å². The lowest BCUT2D eigenvalue weighted by molar-refractivity contribution is -0.384. The summed E-state index contributed by atoms with van der Waals surface area (Å²) in [5.74, 6) is -0.266. The molecule has 7 heteroatoms. The molecule has 6 nitrogen and oxygen atoms in total. The van der Waals surface area contributed by atoms with Crippen LogP contribution in [0.2, 0.25) is 0 Å². The van der Waals surface area contributed by atoms with Crippen LogP contribution in [-0.4, -0.2) is 27.8 Å². The van der Waals surface area contributed by atoms with Gasteiger partial charge in [0.2, 0.25) is 0 Å². The van der Waals surface area contributed by atoms with Crippen LogP contribution in [0.1, 0.15) is 5.56 Å². The summed E-state index contributed by atoms with van der Waals surface area (Å²) < 4.78 is 0. The number of hydrogen-bond donors (Lipinski definition) is 2. The van der Waals surface area contributed by atoms with Crippen LogP contribution in [0.25, 0.3) is 0 Å². The van der Waals surface area contributed by atoms with Gasteiger partial charge in [-0.3, -0.25) is 14.9 Å². The fourth-order valence-corrected chi connectivity index (χ4v) is 2.06. The molecule has 0 aliphatic heterocycles. The third-order valence-corrected chi connectivity index (χ3v) is 3.14. The number of carbonyl (C=O) groups is 1. The number of nitro groups is 1. The molecule has 1 aromatic rings. The Labute approximate surface area is 102 Å². The van der Waals surface area contributed by atoms with Gasteiger partial charge in [0, 0.05) is 23.6 Å². The van der Waals surface area contributed by atoms with Gasteiger partial charge in [-0.15, -0.1) is 0 Å². The summed E-state index contributed by atoms with van der Waals surface area (Å²) in [7, 11) is 0. The second-order valence-corrected chi connectivity index (χ2v) is 4.42. The van der Waals surface area contributed by atoms with E-state index in [0.717, 1.165) is 5.56 Å². The Morgan fingerprint density at radius 2 is 2.29 bits per heavy atom. The maximum Gasteiger partial charge on any atom is 0.321 e. The van der Waals surface area contributed by atoms with Crippen molar-refractivity contribution < 1.29 is 14.8 Å². The van der Waals surface area contributed by atoms with Gasteiger partial charge >= 0.3 is 5.97 Å². The van der Waals surface area contributed by atoms with Crippen molar-refractivity contribution in [3.8, 4) is 0 Å². The zero-order valence-electron chi connectivity index (χ0n) is 8.91. The van der Waals surface area contributed by atoms with Gasteiger partial charge in [0.25, 0.3) is 5.69 Å². The predicted molar refractivity (Wildman–Crippen MR) is 64.9 cm³/mol. The molecule has 0 bridgehead atoms. The molecule has 0 aromatic heterocycles. The maximum absolute atomic E-state index is 10.5. The van der Waals surface area contributed by atoms with Crippen LogP contribution in [-0.2, 0) is 10.5 Å². The van der Waals surface area contributed by atoms with E-state index in [-0.39, 0.29) is 11.4 Å². The molecule has 0 radical (unpaired) electrons. The zero-order valence-corrected chi connectivity index (χ0v) is 9.72. The van der Waals surface area contributed by atoms with Gasteiger partial charge in [0.1, 0.15) is 6.04 Å². The first-order valence-corrected chi connectivity index (χ1v) is 5.95. The second-order valence-electron chi connectivity index (χ2n) is 3.39. The lowest BCUT2D eigenvalue weighted by atomic mass is 10.2. The van der Waals surface area contributed by atoms with E-state index in [1.807, 2.05) is 0 Å². The lowest BCUT2D eigenvalue weighted by Crippen LogP contribution is -2.32. The SMILES string of the molecule is N[C@H](CSCc1cccc([N+](=O)[O-])c1)C(=O)O. The molecule has 1 aromatic carbocycles. The molecule has 0 unspecified atom stereocenters. The molecule has 1 rings (SSSR count). The molecule has 0 aliphatic carbocycles. The van der Waals surface area contributed by atoms with Gasteiger partial charge in [-0.25, -0.2) is 0 Å². The Balaban J connectivity index is 2.49. The van der Waals surface area contributed by atoms with Crippen molar-refractivity contribution in [2.45, 2.75) is 11.8 Å². The Morgan fingerprint density at radius 1 is 1.59 bits per heavy atom. The molecular formula is C10H12N2O4S. The first-order chi connectivity index (χ1) is 8.00. The van der Waals surface area contributed by atoms with E-state index in [9.17, 15) is 14.9 Å². The van der Waals surface area contributed by atoms with Crippen molar-refractivity contribution >= 4 is 23.4 Å². The number of hydrogen-bond acceptors (Lipinski definition) is 5. The highest BCUT2D eigenvalue weighted by atomic mass is 32.2. The number of carboxylic acid groups (broad SMARTS) is 1. The summed E-state index contributed by atoms with van der Waals surface area (Å²) in [6.07, 6.45) is 0. The fourth-order valence-electron chi connectivity index (χ4n) is 1.13. The highest BCUT2D eigenvalue weighted by Crippen LogP contribution is 2.18. The minimum absolute atomic E-state index is 0.0330. The molecule has 0 amide bonds. The third kappa shape index (κ3) is 4.41. The number of benzene rings is 1. The molecule has 0 saturated carbocycles. The number of aliphatic carboxylic acids is 1. The number of carboxylic acids is 1. The van der Waals surface area contributed by atoms with Gasteiger partial charge in [0.15, 0.2) is 0 Å². The van der Waals surface area contributed by atoms with Crippen LogP contribution in [0.3, 0.4) is 0 Å². The quantitative estimate of drug-likeness (QED) is 0.585. The molecule has 0 spiro atoms. The molecule has 0 fully saturated rings. The van der Waals surface area contributed by atoms with Crippen molar-refractivity contribution in [1.29, 1.82) is 0 Å². The van der Waals surface area contributed by atoms with E-state index in [0.29, 0.717) is 5.75 Å². The molecule has 3 N–H and O–H groups in total. The predicted octanol–water partition coefficient (Wildman–Crippen LogP) is 1.24. The number of rotatable bonds is 6. The van der Waals surface area contributed by atoms with Crippen molar-refractivity contribution in [3.63, 3.8) is 0 Å². The van der Waals surface area contributed by atoms with Crippen molar-refractivity contribution in [2.24, 2.45) is 5.73 Å². The Kier molecular flexibility index (Phi) is 4.92. The molecule has 0 heterocycles. The Morgan fingerprint density at radius 3 is 2.88 bits per heavy atom. The zero-order chi connectivity index (χ0) is 12.8. The third-order valence-electron chi connectivity index (χ3n) is 2.00. The number of non-ortho nitro benzene ring substituents is 1. The van der Waals surface area contributed by atoms with E-state index in [4.69, 9.17) is 10.8 Å². The van der Waals surface area contributed by atoms with Crippen LogP contribution < -0.4 is 5.73 Å². The fraction of sp³-hybridized carbons (Fsp3) is 0.300. The molecule has 1 atom stereocenters. The number of nitrogens with zero attached hydrogens (tertiary/aromatic N) is 1. The molecule has 17 heavy (non-hydrogen) atoms. The van der Waals surface area contributed by atoms with E-state index >= 15 is 0 Å². The van der Waals surface area contributed by atoms with Crippen LogP contribution in [0.5, 0.6) is 0 Å². The highest BCUT2D eigenvalue weighted by Gasteiger charge is 2.11. The second kappa shape index (κ2) is 6.21. The average molecular weight is 256 g/mol. The van der Waals surface area contributed by atoms with E-state index in [1.54, 1.807) is 12.1 Å². The van der Waals surface area contributed by atoms with Crippen LogP contribution in [0, 0.1) is 10.1 Å². The summed E-state index contributed by atoms with van der Waals surface area (Å²) in [5, 5.41) is 19.1. The molecule has 92 valence electrons. The Hall–Kier alpha value is -1.60. The summed E-state index contributed by atoms with van der Waals surface area (Å²) >= 11 is 1.33. The van der Waals surface area contributed by atoms with E-state index in [1.165, 1.54) is 23.9 Å². The first-order valence-electron chi connectivity index (χ1n) is 4.80. The highest BCUT2D eigenvalue weighted by molar-refractivity contribution is 7.98. The van der Waals surface area contributed by atoms with Gasteiger partial charge in [-0.05, 0) is 5.56 Å². The summed E-state index contributed by atoms with van der Waals surface area (Å²) in [5.41, 5.74) is 6.14. The summed E-state index contributed by atoms with van der Waals surface area (Å²) in [6.45, 7) is 0. The largest absolute Gasteiger partial charge is 0.480 e. The van der Waals surface area contributed by atoms with E-state index in [2.05, 4.69) is 0 Å². The smallest absolute Gasteiger partial charge is 0.321 e. The molecule has 0 saturated heterocycles. The van der Waals surface area contributed by atoms with Crippen LogP contribution >= 0.6 is 11.8 Å². The first kappa shape index (κ1) is 13.5. The van der Waals surface area contributed by atoms with Crippen molar-refractivity contribution in [2.75, 3.05) is 5.75 Å². The summed E-state index contributed by atoms with van der Waals surface area (Å²) in [4.78, 5) is 20.5. The van der Waals surface area contributed by atoms with Gasteiger partial charge < -0.3 is 10.8 Å². The lowest BCUT2D eigenvalue weighted by Gasteiger charge is -2.05. The Bertz CT molecular complexity index is 425. The van der Waals surface area contributed by atoms with Gasteiger partial charge in [-0.2, -0.15) is 11.8 Å². The van der Waals surface area contributed by atoms with E-state index < -0.39 is 16.9 Å². The van der Waals surface area contributed by atoms with Gasteiger partial charge in [-0.1, -0.05) is 12.1 Å². The van der Waals surface area contributed by atoms with Gasteiger partial charge in [0.05, 0.1) is 4.92 Å². The van der Waals surface area contributed by atoms with Crippen LogP contribution in [0.15, 0.2) is 24.3 Å². The summed E-state index contributed by atoms with van der Waals surface area (Å²) in [6, 6.07) is 5.34. The number of nitro benzene ring substituents is 1. The maximum atomic E-state index is 10.5. The number of thioether (sulfide) groups is 1. The van der Waals surface area contributed by atoms with Crippen LogP contribution in [0.4, 0.5) is 5.69 Å². The molecular weight excluding hydrogens is 244 g/mol. The normalized spacial score (nSPS) is 12.1. The molecule has 0 aliphatic rings. The van der Waals surface area contributed by atoms with Crippen molar-refractivity contribution in [3.05, 3.63) is 39.9 Å². The minimum Gasteiger partial charge on any atom is -0.480 e. The van der Waals surface area contributed by atoms with Crippen molar-refractivity contribution in [1.82, 2.24) is 0 Å². The monoisotopic (exact) mass is 256 g/mol. The number of nitrogens with two attached hydrogens (primary N) is 1. The average Bonchev–Trinajstić information content (AvgIpc) is 2.29.